The molecule has 0 aliphatic carbocycles. The number of benzene rings is 1. The molecule has 140 valence electrons. The number of sulfone groups is 1. The maximum atomic E-state index is 11.6. The Morgan fingerprint density at radius 2 is 1.73 bits per heavy atom. The predicted octanol–water partition coefficient (Wildman–Crippen LogP) is 3.35. The van der Waals surface area contributed by atoms with E-state index in [1.54, 1.807) is 12.1 Å². The molecule has 0 spiro atoms. The Kier molecular flexibility index (Phi) is 5.46. The van der Waals surface area contributed by atoms with E-state index in [4.69, 9.17) is 0 Å². The number of piperidine rings is 1. The fourth-order valence-electron chi connectivity index (χ4n) is 3.17. The van der Waals surface area contributed by atoms with E-state index in [1.807, 2.05) is 32.0 Å². The standard InChI is InChI=1S/C19H26N4O2S/c1-14-13-18(22-19(20-14)23-11-5-4-6-12-23)21-15(2)16-7-9-17(10-8-16)26(3,24)25/h7-10,13,15H,4-6,11-12H2,1-3H3,(H,20,21,22). The van der Waals surface area contributed by atoms with Gasteiger partial charge in [0.05, 0.1) is 4.90 Å². The zero-order chi connectivity index (χ0) is 18.7. The number of aryl methyl sites for hydroxylation is 1. The highest BCUT2D eigenvalue weighted by atomic mass is 32.2. The summed E-state index contributed by atoms with van der Waals surface area (Å²) in [6, 6.07) is 8.92. The molecule has 1 saturated heterocycles. The first kappa shape index (κ1) is 18.6. The maximum Gasteiger partial charge on any atom is 0.227 e. The third-order valence-electron chi connectivity index (χ3n) is 4.65. The number of anilines is 2. The van der Waals surface area contributed by atoms with E-state index in [0.717, 1.165) is 36.1 Å². The van der Waals surface area contributed by atoms with Gasteiger partial charge in [0.15, 0.2) is 9.84 Å². The second-order valence-corrected chi connectivity index (χ2v) is 8.97. The van der Waals surface area contributed by atoms with E-state index in [-0.39, 0.29) is 6.04 Å². The highest BCUT2D eigenvalue weighted by Gasteiger charge is 2.16. The van der Waals surface area contributed by atoms with Gasteiger partial charge in [-0.05, 0) is 50.8 Å². The largest absolute Gasteiger partial charge is 0.363 e. The summed E-state index contributed by atoms with van der Waals surface area (Å²) < 4.78 is 23.2. The van der Waals surface area contributed by atoms with Crippen LogP contribution in [0.3, 0.4) is 0 Å². The second-order valence-electron chi connectivity index (χ2n) is 6.95. The van der Waals surface area contributed by atoms with Crippen molar-refractivity contribution < 1.29 is 8.42 Å². The van der Waals surface area contributed by atoms with Gasteiger partial charge in [0.25, 0.3) is 0 Å². The molecule has 1 N–H and O–H groups in total. The fourth-order valence-corrected chi connectivity index (χ4v) is 3.80. The molecular formula is C19H26N4O2S. The molecule has 1 aliphatic rings. The molecule has 0 saturated carbocycles. The lowest BCUT2D eigenvalue weighted by molar-refractivity contribution is 0.567. The van der Waals surface area contributed by atoms with E-state index in [9.17, 15) is 8.42 Å². The number of hydrogen-bond acceptors (Lipinski definition) is 6. The molecule has 1 fully saturated rings. The van der Waals surface area contributed by atoms with Crippen molar-refractivity contribution in [2.45, 2.75) is 44.0 Å². The number of rotatable bonds is 5. The van der Waals surface area contributed by atoms with E-state index >= 15 is 0 Å². The lowest BCUT2D eigenvalue weighted by Gasteiger charge is -2.27. The molecule has 26 heavy (non-hydrogen) atoms. The van der Waals surface area contributed by atoms with Gasteiger partial charge in [0.1, 0.15) is 5.82 Å². The van der Waals surface area contributed by atoms with Crippen LogP contribution in [0.1, 0.15) is 43.5 Å². The number of hydrogen-bond donors (Lipinski definition) is 1. The summed E-state index contributed by atoms with van der Waals surface area (Å²) in [6.45, 7) is 6.02. The summed E-state index contributed by atoms with van der Waals surface area (Å²) in [4.78, 5) is 11.8. The quantitative estimate of drug-likeness (QED) is 0.865. The van der Waals surface area contributed by atoms with Crippen molar-refractivity contribution in [3.8, 4) is 0 Å². The van der Waals surface area contributed by atoms with E-state index < -0.39 is 9.84 Å². The molecule has 2 heterocycles. The van der Waals surface area contributed by atoms with E-state index in [1.165, 1.54) is 25.5 Å². The van der Waals surface area contributed by atoms with E-state index in [0.29, 0.717) is 4.90 Å². The Labute approximate surface area is 155 Å². The van der Waals surface area contributed by atoms with Crippen molar-refractivity contribution in [2.24, 2.45) is 0 Å². The lowest BCUT2D eigenvalue weighted by Crippen LogP contribution is -2.31. The summed E-state index contributed by atoms with van der Waals surface area (Å²) >= 11 is 0. The average Bonchev–Trinajstić information content (AvgIpc) is 2.61. The molecule has 7 heteroatoms. The first-order valence-corrected chi connectivity index (χ1v) is 10.9. The first-order chi connectivity index (χ1) is 12.3. The van der Waals surface area contributed by atoms with Crippen molar-refractivity contribution in [1.29, 1.82) is 0 Å². The minimum Gasteiger partial charge on any atom is -0.363 e. The topological polar surface area (TPSA) is 75.2 Å². The zero-order valence-corrected chi connectivity index (χ0v) is 16.4. The Balaban J connectivity index is 1.76. The second kappa shape index (κ2) is 7.61. The van der Waals surface area contributed by atoms with Gasteiger partial charge in [-0.1, -0.05) is 12.1 Å². The maximum absolute atomic E-state index is 11.6. The molecular weight excluding hydrogens is 348 g/mol. The molecule has 1 aromatic carbocycles. The minimum atomic E-state index is -3.17. The molecule has 0 bridgehead atoms. The minimum absolute atomic E-state index is 0.00659. The highest BCUT2D eigenvalue weighted by molar-refractivity contribution is 7.90. The molecule has 0 radical (unpaired) electrons. The van der Waals surface area contributed by atoms with Gasteiger partial charge >= 0.3 is 0 Å². The molecule has 1 unspecified atom stereocenters. The number of aromatic nitrogens is 2. The molecule has 1 atom stereocenters. The summed E-state index contributed by atoms with van der Waals surface area (Å²) in [5, 5.41) is 3.41. The van der Waals surface area contributed by atoms with E-state index in [2.05, 4.69) is 20.2 Å². The average molecular weight is 375 g/mol. The van der Waals surface area contributed by atoms with Crippen molar-refractivity contribution >= 4 is 21.6 Å². The third kappa shape index (κ3) is 4.52. The van der Waals surface area contributed by atoms with Crippen LogP contribution >= 0.6 is 0 Å². The normalized spacial score (nSPS) is 16.3. The molecule has 1 aromatic heterocycles. The van der Waals surface area contributed by atoms with Crippen molar-refractivity contribution in [3.63, 3.8) is 0 Å². The summed E-state index contributed by atoms with van der Waals surface area (Å²) in [7, 11) is -3.17. The first-order valence-electron chi connectivity index (χ1n) is 9.00. The Bertz CT molecular complexity index is 860. The van der Waals surface area contributed by atoms with Crippen LogP contribution in [0.25, 0.3) is 0 Å². The Morgan fingerprint density at radius 3 is 2.35 bits per heavy atom. The number of nitrogens with one attached hydrogen (secondary N) is 1. The Hall–Kier alpha value is -2.15. The van der Waals surface area contributed by atoms with Crippen LogP contribution in [0.5, 0.6) is 0 Å². The predicted molar refractivity (Wildman–Crippen MR) is 104 cm³/mol. The van der Waals surface area contributed by atoms with Gasteiger partial charge < -0.3 is 10.2 Å². The van der Waals surface area contributed by atoms with Crippen LogP contribution in [0, 0.1) is 6.92 Å². The number of nitrogens with zero attached hydrogens (tertiary/aromatic N) is 3. The fraction of sp³-hybridized carbons (Fsp3) is 0.474. The smallest absolute Gasteiger partial charge is 0.227 e. The third-order valence-corrected chi connectivity index (χ3v) is 5.78. The van der Waals surface area contributed by atoms with Crippen molar-refractivity contribution in [2.75, 3.05) is 29.6 Å². The van der Waals surface area contributed by atoms with Gasteiger partial charge in [0.2, 0.25) is 5.95 Å². The summed E-state index contributed by atoms with van der Waals surface area (Å²) in [5.41, 5.74) is 1.94. The van der Waals surface area contributed by atoms with Crippen molar-refractivity contribution in [1.82, 2.24) is 9.97 Å². The van der Waals surface area contributed by atoms with Crippen LogP contribution in [-0.2, 0) is 9.84 Å². The van der Waals surface area contributed by atoms with Crippen LogP contribution < -0.4 is 10.2 Å². The Morgan fingerprint density at radius 1 is 1.08 bits per heavy atom. The molecule has 0 amide bonds. The monoisotopic (exact) mass is 374 g/mol. The van der Waals surface area contributed by atoms with Gasteiger partial charge in [-0.3, -0.25) is 0 Å². The molecule has 6 nitrogen and oxygen atoms in total. The van der Waals surface area contributed by atoms with Gasteiger partial charge in [-0.25, -0.2) is 13.4 Å². The van der Waals surface area contributed by atoms with Crippen LogP contribution in [0.15, 0.2) is 35.2 Å². The van der Waals surface area contributed by atoms with Crippen LogP contribution in [0.4, 0.5) is 11.8 Å². The van der Waals surface area contributed by atoms with Gasteiger partial charge in [0, 0.05) is 37.1 Å². The van der Waals surface area contributed by atoms with Crippen LogP contribution in [-0.4, -0.2) is 37.7 Å². The summed E-state index contributed by atoms with van der Waals surface area (Å²) in [6.07, 6.45) is 4.86. The molecule has 3 rings (SSSR count). The summed E-state index contributed by atoms with van der Waals surface area (Å²) in [5.74, 6) is 1.57. The molecule has 2 aromatic rings. The van der Waals surface area contributed by atoms with Crippen molar-refractivity contribution in [3.05, 3.63) is 41.6 Å². The van der Waals surface area contributed by atoms with Crippen LogP contribution in [0.2, 0.25) is 0 Å². The van der Waals surface area contributed by atoms with Gasteiger partial charge in [-0.15, -0.1) is 0 Å². The highest BCUT2D eigenvalue weighted by Crippen LogP contribution is 2.23. The lowest BCUT2D eigenvalue weighted by atomic mass is 10.1. The molecule has 1 aliphatic heterocycles. The zero-order valence-electron chi connectivity index (χ0n) is 15.6. The SMILES string of the molecule is Cc1cc(NC(C)c2ccc(S(C)(=O)=O)cc2)nc(N2CCCCC2)n1. The van der Waals surface area contributed by atoms with Gasteiger partial charge in [-0.2, -0.15) is 4.98 Å².